The molecule has 6 amide bonds. The van der Waals surface area contributed by atoms with E-state index in [2.05, 4.69) is 31.0 Å². The topological polar surface area (TPSA) is 268 Å². The van der Waals surface area contributed by atoms with Crippen LogP contribution in [0.5, 0.6) is 0 Å². The number of nitrogens with one attached hydrogen (secondary N) is 5. The van der Waals surface area contributed by atoms with E-state index in [1.807, 2.05) is 54.6 Å². The second kappa shape index (κ2) is 19.5. The van der Waals surface area contributed by atoms with E-state index in [4.69, 9.17) is 17.2 Å². The van der Waals surface area contributed by atoms with Crippen molar-refractivity contribution in [2.45, 2.75) is 76.0 Å². The predicted octanol–water partition coefficient (Wildman–Crippen LogP) is 0.563. The van der Waals surface area contributed by atoms with Crippen molar-refractivity contribution in [3.8, 4) is 0 Å². The number of para-hydroxylation sites is 1. The largest absolute Gasteiger partial charge is 0.368 e. The molecular weight excluding hydrogens is 718 g/mol. The summed E-state index contributed by atoms with van der Waals surface area (Å²) in [4.78, 5) is 91.9. The molecule has 298 valence electrons. The summed E-state index contributed by atoms with van der Waals surface area (Å²) in [6.45, 7) is 2.19. The highest BCUT2D eigenvalue weighted by Gasteiger charge is 2.38. The molecular formula is C39H51N11O6. The second-order valence-electron chi connectivity index (χ2n) is 14.1. The van der Waals surface area contributed by atoms with Gasteiger partial charge in [0.2, 0.25) is 17.7 Å². The van der Waals surface area contributed by atoms with Crippen molar-refractivity contribution >= 4 is 46.3 Å². The van der Waals surface area contributed by atoms with Crippen molar-refractivity contribution < 1.29 is 28.8 Å². The Morgan fingerprint density at radius 3 is 2.32 bits per heavy atom. The van der Waals surface area contributed by atoms with Gasteiger partial charge in [-0.15, -0.1) is 0 Å². The number of urea groups is 1. The minimum absolute atomic E-state index is 0.0916. The molecule has 0 bridgehead atoms. The number of hydrogen-bond acceptors (Lipinski definition) is 9. The van der Waals surface area contributed by atoms with Crippen molar-refractivity contribution in [2.75, 3.05) is 19.6 Å². The molecule has 1 fully saturated rings. The van der Waals surface area contributed by atoms with Gasteiger partial charge in [-0.3, -0.25) is 29.4 Å². The first-order valence-corrected chi connectivity index (χ1v) is 18.8. The number of fused-ring (bicyclic) bond motifs is 1. The lowest BCUT2D eigenvalue weighted by atomic mass is 9.89. The van der Waals surface area contributed by atoms with Gasteiger partial charge >= 0.3 is 6.03 Å². The van der Waals surface area contributed by atoms with Crippen LogP contribution in [0.2, 0.25) is 0 Å². The molecule has 1 aliphatic heterocycles. The Kier molecular flexibility index (Phi) is 14.3. The van der Waals surface area contributed by atoms with Gasteiger partial charge in [0.25, 0.3) is 5.91 Å². The van der Waals surface area contributed by atoms with Gasteiger partial charge in [-0.1, -0.05) is 48.5 Å². The number of imidazole rings is 1. The van der Waals surface area contributed by atoms with Crippen molar-refractivity contribution in [1.29, 1.82) is 0 Å². The van der Waals surface area contributed by atoms with Crippen LogP contribution in [0.15, 0.2) is 73.3 Å². The first-order chi connectivity index (χ1) is 26.9. The summed E-state index contributed by atoms with van der Waals surface area (Å²) in [5.41, 5.74) is 22.9. The number of hydrazine groups is 1. The maximum Gasteiger partial charge on any atom is 0.339 e. The zero-order valence-corrected chi connectivity index (χ0v) is 31.4. The molecule has 3 heterocycles. The van der Waals surface area contributed by atoms with Crippen molar-refractivity contribution in [1.82, 2.24) is 40.9 Å². The van der Waals surface area contributed by atoms with E-state index in [1.165, 1.54) is 18.2 Å². The normalized spacial score (nSPS) is 15.5. The van der Waals surface area contributed by atoms with E-state index in [1.54, 1.807) is 12.4 Å². The molecule has 56 heavy (non-hydrogen) atoms. The van der Waals surface area contributed by atoms with E-state index in [-0.39, 0.29) is 38.8 Å². The van der Waals surface area contributed by atoms with Gasteiger partial charge in [0, 0.05) is 60.7 Å². The van der Waals surface area contributed by atoms with Crippen LogP contribution in [0.1, 0.15) is 49.4 Å². The minimum atomic E-state index is -1.10. The molecule has 5 atom stereocenters. The second-order valence-corrected chi connectivity index (χ2v) is 14.1. The molecule has 11 N–H and O–H groups in total. The van der Waals surface area contributed by atoms with Gasteiger partial charge in [-0.2, -0.15) is 0 Å². The molecule has 5 rings (SSSR count). The van der Waals surface area contributed by atoms with Crippen molar-refractivity contribution in [2.24, 2.45) is 23.1 Å². The van der Waals surface area contributed by atoms with E-state index in [0.717, 1.165) is 27.0 Å². The lowest BCUT2D eigenvalue weighted by Crippen LogP contribution is -2.55. The quantitative estimate of drug-likeness (QED) is 0.0550. The van der Waals surface area contributed by atoms with Crippen LogP contribution in [0.25, 0.3) is 10.9 Å². The SMILES string of the molecule is C[C@@H](C(=O)N[C@@H](Cc1c[nH]c2ccccc12)C(=O)C[C@H](Cc1ccccc1)C(=O)N[C@@H](CCCCN)C(N)=O)N1CCN(NC(=O)[C@@H](N)Cc2cnc[nH]2)C1=O. The number of benzene rings is 2. The Balaban J connectivity index is 1.32. The molecule has 0 aliphatic carbocycles. The summed E-state index contributed by atoms with van der Waals surface area (Å²) >= 11 is 0. The van der Waals surface area contributed by atoms with Gasteiger partial charge in [0.1, 0.15) is 12.1 Å². The van der Waals surface area contributed by atoms with Crippen LogP contribution in [0.3, 0.4) is 0 Å². The van der Waals surface area contributed by atoms with Gasteiger partial charge in [-0.25, -0.2) is 14.8 Å². The lowest BCUT2D eigenvalue weighted by Gasteiger charge is -2.27. The van der Waals surface area contributed by atoms with Gasteiger partial charge < -0.3 is 42.7 Å². The lowest BCUT2D eigenvalue weighted by molar-refractivity contribution is -0.134. The Hall–Kier alpha value is -6.07. The molecule has 4 aromatic rings. The molecule has 2 aromatic carbocycles. The van der Waals surface area contributed by atoms with Crippen LogP contribution < -0.4 is 33.3 Å². The molecule has 17 nitrogen and oxygen atoms in total. The fourth-order valence-corrected chi connectivity index (χ4v) is 6.77. The summed E-state index contributed by atoms with van der Waals surface area (Å²) < 4.78 is 0. The number of carbonyl (C=O) groups is 6. The smallest absolute Gasteiger partial charge is 0.339 e. The van der Waals surface area contributed by atoms with Crippen LogP contribution >= 0.6 is 0 Å². The fourth-order valence-electron chi connectivity index (χ4n) is 6.77. The standard InChI is InChI=1S/C39H51N11O6/c1-24(49-15-16-50(39(49)56)48-38(55)30(41)20-28-22-43-23-45-28)36(53)47-33(18-27-21-44-31-12-6-5-11-29(27)31)34(51)19-26(17-25-9-3-2-4-10-25)37(54)46-32(35(42)52)13-7-8-14-40/h2-6,9-12,21-24,26,30,32-33,44H,7-8,13-20,40-41H2,1H3,(H2,42,52)(H,43,45)(H,46,54)(H,47,53)(H,48,55)/t24-,26-,30-,32-,33-/m0/s1. The first kappa shape index (κ1) is 41.1. The third-order valence-corrected chi connectivity index (χ3v) is 10.0. The van der Waals surface area contributed by atoms with Crippen LogP contribution in [0, 0.1) is 5.92 Å². The number of primary amides is 1. The van der Waals surface area contributed by atoms with E-state index in [0.29, 0.717) is 31.5 Å². The van der Waals surface area contributed by atoms with E-state index < -0.39 is 65.5 Å². The number of aromatic nitrogens is 3. The monoisotopic (exact) mass is 769 g/mol. The van der Waals surface area contributed by atoms with E-state index >= 15 is 0 Å². The summed E-state index contributed by atoms with van der Waals surface area (Å²) in [5.74, 6) is -3.71. The van der Waals surface area contributed by atoms with Crippen LogP contribution in [0.4, 0.5) is 4.79 Å². The summed E-state index contributed by atoms with van der Waals surface area (Å²) in [5, 5.41) is 7.59. The number of amides is 6. The van der Waals surface area contributed by atoms with Gasteiger partial charge in [0.15, 0.2) is 5.78 Å². The highest BCUT2D eigenvalue weighted by Crippen LogP contribution is 2.22. The third-order valence-electron chi connectivity index (χ3n) is 10.0. The number of rotatable bonds is 21. The van der Waals surface area contributed by atoms with Gasteiger partial charge in [0.05, 0.1) is 25.0 Å². The summed E-state index contributed by atoms with van der Waals surface area (Å²) in [7, 11) is 0. The number of Topliss-reactive ketones (excluding diaryl/α,β-unsaturated/α-hetero) is 1. The highest BCUT2D eigenvalue weighted by atomic mass is 16.2. The predicted molar refractivity (Wildman–Crippen MR) is 208 cm³/mol. The first-order valence-electron chi connectivity index (χ1n) is 18.8. The molecule has 1 aliphatic rings. The molecule has 17 heteroatoms. The average molecular weight is 770 g/mol. The molecule has 0 saturated carbocycles. The molecule has 0 unspecified atom stereocenters. The van der Waals surface area contributed by atoms with Crippen molar-refractivity contribution in [3.05, 3.63) is 90.1 Å². The van der Waals surface area contributed by atoms with Crippen LogP contribution in [-0.4, -0.2) is 104 Å². The summed E-state index contributed by atoms with van der Waals surface area (Å²) in [6, 6.07) is 12.1. The highest BCUT2D eigenvalue weighted by molar-refractivity contribution is 5.96. The molecule has 2 aromatic heterocycles. The summed E-state index contributed by atoms with van der Waals surface area (Å²) in [6.07, 6.45) is 6.51. The number of nitrogens with zero attached hydrogens (tertiary/aromatic N) is 3. The molecule has 0 radical (unpaired) electrons. The van der Waals surface area contributed by atoms with Crippen molar-refractivity contribution in [3.63, 3.8) is 0 Å². The minimum Gasteiger partial charge on any atom is -0.368 e. The Bertz CT molecular complexity index is 1970. The average Bonchev–Trinajstić information content (AvgIpc) is 3.94. The maximum atomic E-state index is 14.4. The number of unbranched alkanes of at least 4 members (excludes halogenated alkanes) is 1. The maximum absolute atomic E-state index is 14.4. The Labute approximate surface area is 324 Å². The number of nitrogens with two attached hydrogens (primary N) is 3. The fraction of sp³-hybridized carbons (Fsp3) is 0.410. The number of ketones is 1. The van der Waals surface area contributed by atoms with Crippen LogP contribution in [-0.2, 0) is 43.2 Å². The van der Waals surface area contributed by atoms with E-state index in [9.17, 15) is 28.8 Å². The number of hydrogen-bond donors (Lipinski definition) is 8. The number of aromatic amines is 2. The Morgan fingerprint density at radius 1 is 0.875 bits per heavy atom. The Morgan fingerprint density at radius 2 is 1.61 bits per heavy atom. The zero-order valence-electron chi connectivity index (χ0n) is 31.4. The number of H-pyrrole nitrogens is 2. The number of carbonyl (C=O) groups excluding carboxylic acids is 6. The zero-order chi connectivity index (χ0) is 40.2. The third kappa shape index (κ3) is 10.8. The molecule has 1 saturated heterocycles. The van der Waals surface area contributed by atoms with Gasteiger partial charge in [-0.05, 0) is 56.3 Å². The molecule has 0 spiro atoms.